The fraction of sp³-hybridized carbons (Fsp3) is 0.600. The van der Waals surface area contributed by atoms with Crippen LogP contribution in [0, 0.1) is 0 Å². The minimum atomic E-state index is -4.34. The fourth-order valence-electron chi connectivity index (χ4n) is 3.04. The highest BCUT2D eigenvalue weighted by Gasteiger charge is 2.30. The molecule has 10 heteroatoms. The summed E-state index contributed by atoms with van der Waals surface area (Å²) in [5.74, 6) is 0.546. The standard InChI is InChI=1S/C20H30F3N5O2/c1-26(2)18(29)14-25-19(24-7-12-30-3)28-10-8-27(9-11-28)15-16-5-4-6-17(13-16)20(21,22)23/h4-6,13H,7-12,14-15H2,1-3H3,(H,24,25). The molecule has 0 atom stereocenters. The molecule has 0 bridgehead atoms. The number of piperazine rings is 1. The Labute approximate surface area is 175 Å². The van der Waals surface area contributed by atoms with Gasteiger partial charge in [-0.05, 0) is 11.6 Å². The first-order chi connectivity index (χ1) is 14.2. The van der Waals surface area contributed by atoms with E-state index in [1.165, 1.54) is 17.0 Å². The molecule has 168 valence electrons. The van der Waals surface area contributed by atoms with Gasteiger partial charge in [-0.3, -0.25) is 9.69 Å². The van der Waals surface area contributed by atoms with Crippen LogP contribution < -0.4 is 5.32 Å². The molecule has 1 fully saturated rings. The van der Waals surface area contributed by atoms with Gasteiger partial charge in [0.2, 0.25) is 5.91 Å². The van der Waals surface area contributed by atoms with E-state index in [0.29, 0.717) is 57.4 Å². The van der Waals surface area contributed by atoms with E-state index in [2.05, 4.69) is 20.1 Å². The number of carbonyl (C=O) groups excluding carboxylic acids is 1. The zero-order valence-electron chi connectivity index (χ0n) is 17.7. The second-order valence-corrected chi connectivity index (χ2v) is 7.31. The fourth-order valence-corrected chi connectivity index (χ4v) is 3.04. The number of likely N-dealkylation sites (N-methyl/N-ethyl adjacent to an activating group) is 1. The van der Waals surface area contributed by atoms with Crippen LogP contribution in [0.1, 0.15) is 11.1 Å². The molecular formula is C20H30F3N5O2. The number of nitrogens with zero attached hydrogens (tertiary/aromatic N) is 4. The number of carbonyl (C=O) groups is 1. The summed E-state index contributed by atoms with van der Waals surface area (Å²) in [6.07, 6.45) is -4.34. The summed E-state index contributed by atoms with van der Waals surface area (Å²) < 4.78 is 43.8. The smallest absolute Gasteiger partial charge is 0.383 e. The van der Waals surface area contributed by atoms with Crippen LogP contribution in [0.4, 0.5) is 13.2 Å². The number of hydrogen-bond acceptors (Lipinski definition) is 4. The number of methoxy groups -OCH3 is 1. The highest BCUT2D eigenvalue weighted by Crippen LogP contribution is 2.29. The van der Waals surface area contributed by atoms with Crippen molar-refractivity contribution in [2.24, 2.45) is 4.99 Å². The SMILES string of the molecule is COCCNC(=NCC(=O)N(C)C)N1CCN(Cc2cccc(C(F)(F)F)c2)CC1. The van der Waals surface area contributed by atoms with Gasteiger partial charge in [-0.1, -0.05) is 18.2 Å². The second-order valence-electron chi connectivity index (χ2n) is 7.31. The van der Waals surface area contributed by atoms with Crippen molar-refractivity contribution in [2.45, 2.75) is 12.7 Å². The molecular weight excluding hydrogens is 399 g/mol. The number of hydrogen-bond donors (Lipinski definition) is 1. The number of nitrogens with one attached hydrogen (secondary N) is 1. The van der Waals surface area contributed by atoms with Crippen molar-refractivity contribution in [2.75, 3.05) is 67.1 Å². The summed E-state index contributed by atoms with van der Waals surface area (Å²) in [7, 11) is 4.98. The van der Waals surface area contributed by atoms with Crippen LogP contribution in [-0.4, -0.2) is 93.6 Å². The van der Waals surface area contributed by atoms with Crippen LogP contribution in [0.5, 0.6) is 0 Å². The predicted octanol–water partition coefficient (Wildman–Crippen LogP) is 1.50. The quantitative estimate of drug-likeness (QED) is 0.405. The third kappa shape index (κ3) is 7.49. The first kappa shape index (κ1) is 23.9. The van der Waals surface area contributed by atoms with Gasteiger partial charge in [-0.15, -0.1) is 0 Å². The molecule has 0 aromatic heterocycles. The molecule has 1 heterocycles. The lowest BCUT2D eigenvalue weighted by molar-refractivity contribution is -0.137. The lowest BCUT2D eigenvalue weighted by atomic mass is 10.1. The van der Waals surface area contributed by atoms with Crippen LogP contribution in [0.2, 0.25) is 0 Å². The van der Waals surface area contributed by atoms with Crippen molar-refractivity contribution in [3.05, 3.63) is 35.4 Å². The molecule has 1 aliphatic rings. The number of halogens is 3. The topological polar surface area (TPSA) is 60.4 Å². The summed E-state index contributed by atoms with van der Waals surface area (Å²) in [6, 6.07) is 5.46. The van der Waals surface area contributed by atoms with Crippen LogP contribution in [-0.2, 0) is 22.3 Å². The molecule has 1 aromatic carbocycles. The van der Waals surface area contributed by atoms with Crippen molar-refractivity contribution < 1.29 is 22.7 Å². The number of rotatable bonds is 7. The van der Waals surface area contributed by atoms with E-state index in [4.69, 9.17) is 4.74 Å². The number of alkyl halides is 3. The molecule has 1 aromatic rings. The third-order valence-electron chi connectivity index (χ3n) is 4.78. The molecule has 0 unspecified atom stereocenters. The Kier molecular flexibility index (Phi) is 8.91. The maximum absolute atomic E-state index is 12.9. The summed E-state index contributed by atoms with van der Waals surface area (Å²) in [5, 5.41) is 3.21. The third-order valence-corrected chi connectivity index (χ3v) is 4.78. The first-order valence-electron chi connectivity index (χ1n) is 9.81. The van der Waals surface area contributed by atoms with Crippen molar-refractivity contribution in [1.82, 2.24) is 20.0 Å². The van der Waals surface area contributed by atoms with E-state index < -0.39 is 11.7 Å². The largest absolute Gasteiger partial charge is 0.416 e. The Morgan fingerprint density at radius 3 is 2.53 bits per heavy atom. The van der Waals surface area contributed by atoms with Crippen LogP contribution in [0.3, 0.4) is 0 Å². The van der Waals surface area contributed by atoms with Gasteiger partial charge >= 0.3 is 6.18 Å². The van der Waals surface area contributed by atoms with Crippen molar-refractivity contribution >= 4 is 11.9 Å². The molecule has 1 N–H and O–H groups in total. The molecule has 0 radical (unpaired) electrons. The van der Waals surface area contributed by atoms with E-state index in [1.54, 1.807) is 27.3 Å². The Hall–Kier alpha value is -2.33. The van der Waals surface area contributed by atoms with Gasteiger partial charge in [0.1, 0.15) is 6.54 Å². The summed E-state index contributed by atoms with van der Waals surface area (Å²) in [5.41, 5.74) is 0.0166. The number of aliphatic imine (C=N–C) groups is 1. The van der Waals surface area contributed by atoms with Gasteiger partial charge in [0.15, 0.2) is 5.96 Å². The van der Waals surface area contributed by atoms with E-state index in [1.807, 2.05) is 0 Å². The summed E-state index contributed by atoms with van der Waals surface area (Å²) in [4.78, 5) is 22.0. The average molecular weight is 429 g/mol. The molecule has 1 amide bonds. The lowest BCUT2D eigenvalue weighted by Gasteiger charge is -2.36. The monoisotopic (exact) mass is 429 g/mol. The van der Waals surface area contributed by atoms with Gasteiger partial charge in [0.25, 0.3) is 0 Å². The molecule has 0 aliphatic carbocycles. The molecule has 2 rings (SSSR count). The predicted molar refractivity (Wildman–Crippen MR) is 109 cm³/mol. The number of ether oxygens (including phenoxy) is 1. The molecule has 1 aliphatic heterocycles. The van der Waals surface area contributed by atoms with Crippen molar-refractivity contribution in [3.63, 3.8) is 0 Å². The number of benzene rings is 1. The molecule has 7 nitrogen and oxygen atoms in total. The van der Waals surface area contributed by atoms with Crippen molar-refractivity contribution in [1.29, 1.82) is 0 Å². The summed E-state index contributed by atoms with van der Waals surface area (Å²) in [6.45, 7) is 4.27. The Balaban J connectivity index is 1.95. The first-order valence-corrected chi connectivity index (χ1v) is 9.81. The second kappa shape index (κ2) is 11.2. The molecule has 1 saturated heterocycles. The molecule has 30 heavy (non-hydrogen) atoms. The van der Waals surface area contributed by atoms with Gasteiger partial charge in [-0.25, -0.2) is 4.99 Å². The molecule has 0 saturated carbocycles. The van der Waals surface area contributed by atoms with E-state index in [9.17, 15) is 18.0 Å². The summed E-state index contributed by atoms with van der Waals surface area (Å²) >= 11 is 0. The van der Waals surface area contributed by atoms with E-state index >= 15 is 0 Å². The minimum Gasteiger partial charge on any atom is -0.383 e. The normalized spacial score (nSPS) is 15.9. The molecule has 0 spiro atoms. The Morgan fingerprint density at radius 2 is 1.93 bits per heavy atom. The van der Waals surface area contributed by atoms with Crippen LogP contribution >= 0.6 is 0 Å². The highest BCUT2D eigenvalue weighted by atomic mass is 19.4. The Morgan fingerprint density at radius 1 is 1.23 bits per heavy atom. The van der Waals surface area contributed by atoms with Crippen molar-refractivity contribution in [3.8, 4) is 0 Å². The average Bonchev–Trinajstić information content (AvgIpc) is 2.70. The number of amides is 1. The maximum atomic E-state index is 12.9. The minimum absolute atomic E-state index is 0.0484. The highest BCUT2D eigenvalue weighted by molar-refractivity contribution is 5.84. The zero-order valence-corrected chi connectivity index (χ0v) is 17.7. The van der Waals surface area contributed by atoms with Crippen LogP contribution in [0.25, 0.3) is 0 Å². The van der Waals surface area contributed by atoms with E-state index in [-0.39, 0.29) is 12.5 Å². The Bertz CT molecular complexity index is 717. The van der Waals surface area contributed by atoms with E-state index in [0.717, 1.165) is 6.07 Å². The number of guanidine groups is 1. The lowest BCUT2D eigenvalue weighted by Crippen LogP contribution is -2.52. The zero-order chi connectivity index (χ0) is 22.1. The van der Waals surface area contributed by atoms with Gasteiger partial charge in [0.05, 0.1) is 12.2 Å². The van der Waals surface area contributed by atoms with Crippen LogP contribution in [0.15, 0.2) is 29.3 Å². The van der Waals surface area contributed by atoms with Gasteiger partial charge in [0, 0.05) is 60.5 Å². The maximum Gasteiger partial charge on any atom is 0.416 e. The van der Waals surface area contributed by atoms with Gasteiger partial charge in [-0.2, -0.15) is 13.2 Å². The van der Waals surface area contributed by atoms with Gasteiger partial charge < -0.3 is 19.9 Å².